The van der Waals surface area contributed by atoms with E-state index in [1.54, 1.807) is 0 Å². The van der Waals surface area contributed by atoms with Crippen molar-refractivity contribution in [1.29, 1.82) is 0 Å². The van der Waals surface area contributed by atoms with Gasteiger partial charge in [-0.15, -0.1) is 11.3 Å². The average Bonchev–Trinajstić information content (AvgIpc) is 3.04. The minimum atomic E-state index is -0.0703. The number of thiazole rings is 1. The van der Waals surface area contributed by atoms with Gasteiger partial charge in [0.15, 0.2) is 5.78 Å². The first-order chi connectivity index (χ1) is 8.63. The van der Waals surface area contributed by atoms with Crippen molar-refractivity contribution in [2.75, 3.05) is 0 Å². The third-order valence-electron chi connectivity index (χ3n) is 4.53. The second kappa shape index (κ2) is 4.74. The summed E-state index contributed by atoms with van der Waals surface area (Å²) in [5, 5.41) is 2.74. The number of Topliss-reactive ketones (excluding diaryl/α,β-unsaturated/α-hetero) is 1. The van der Waals surface area contributed by atoms with Gasteiger partial charge in [-0.2, -0.15) is 0 Å². The van der Waals surface area contributed by atoms with E-state index in [2.05, 4.69) is 4.98 Å². The predicted octanol–water partition coefficient (Wildman–Crippen LogP) is 3.17. The van der Waals surface area contributed by atoms with E-state index < -0.39 is 0 Å². The molecule has 2 saturated carbocycles. The fourth-order valence-electron chi connectivity index (χ4n) is 3.59. The highest BCUT2D eigenvalue weighted by Crippen LogP contribution is 2.49. The normalized spacial score (nSPS) is 31.8. The molecule has 4 heteroatoms. The lowest BCUT2D eigenvalue weighted by Gasteiger charge is -2.20. The molecule has 3 rings (SSSR count). The quantitative estimate of drug-likeness (QED) is 0.850. The molecule has 1 aromatic rings. The zero-order valence-corrected chi connectivity index (χ0v) is 11.6. The van der Waals surface area contributed by atoms with Gasteiger partial charge in [-0.05, 0) is 43.9 Å². The second-order valence-corrected chi connectivity index (χ2v) is 6.81. The Morgan fingerprint density at radius 2 is 2.39 bits per heavy atom. The molecule has 0 radical (unpaired) electrons. The summed E-state index contributed by atoms with van der Waals surface area (Å²) in [4.78, 5) is 16.6. The van der Waals surface area contributed by atoms with Crippen molar-refractivity contribution in [3.63, 3.8) is 0 Å². The smallest absolute Gasteiger partial charge is 0.182 e. The van der Waals surface area contributed by atoms with Crippen molar-refractivity contribution < 1.29 is 4.79 Å². The summed E-state index contributed by atoms with van der Waals surface area (Å²) in [6.07, 6.45) is 6.05. The molecular weight excluding hydrogens is 244 g/mol. The maximum absolute atomic E-state index is 12.2. The molecule has 18 heavy (non-hydrogen) atoms. The predicted molar refractivity (Wildman–Crippen MR) is 72.6 cm³/mol. The van der Waals surface area contributed by atoms with Crippen molar-refractivity contribution >= 4 is 17.1 Å². The number of rotatable bonds is 4. The molecule has 2 aliphatic rings. The summed E-state index contributed by atoms with van der Waals surface area (Å²) < 4.78 is 0. The van der Waals surface area contributed by atoms with E-state index in [0.717, 1.165) is 16.8 Å². The Labute approximate surface area is 112 Å². The van der Waals surface area contributed by atoms with Crippen LogP contribution in [0.15, 0.2) is 5.38 Å². The monoisotopic (exact) mass is 264 g/mol. The van der Waals surface area contributed by atoms with E-state index in [-0.39, 0.29) is 11.8 Å². The molecule has 1 heterocycles. The lowest BCUT2D eigenvalue weighted by atomic mass is 9.85. The lowest BCUT2D eigenvalue weighted by Crippen LogP contribution is -2.15. The third kappa shape index (κ3) is 2.24. The molecule has 2 fully saturated rings. The van der Waals surface area contributed by atoms with Crippen LogP contribution in [0.3, 0.4) is 0 Å². The van der Waals surface area contributed by atoms with E-state index in [4.69, 9.17) is 5.73 Å². The largest absolute Gasteiger partial charge is 0.322 e. The Kier molecular flexibility index (Phi) is 3.24. The minimum Gasteiger partial charge on any atom is -0.322 e. The molecule has 0 aromatic carbocycles. The Hall–Kier alpha value is -0.740. The molecule has 2 aliphatic carbocycles. The maximum Gasteiger partial charge on any atom is 0.182 e. The number of nitrogens with zero attached hydrogens (tertiary/aromatic N) is 1. The summed E-state index contributed by atoms with van der Waals surface area (Å²) in [6.45, 7) is 1.91. The van der Waals surface area contributed by atoms with Crippen LogP contribution in [0.5, 0.6) is 0 Å². The van der Waals surface area contributed by atoms with Crippen LogP contribution in [-0.4, -0.2) is 10.8 Å². The van der Waals surface area contributed by atoms with E-state index in [9.17, 15) is 4.79 Å². The molecule has 4 unspecified atom stereocenters. The van der Waals surface area contributed by atoms with Gasteiger partial charge in [-0.25, -0.2) is 4.98 Å². The van der Waals surface area contributed by atoms with Gasteiger partial charge in [-0.3, -0.25) is 4.79 Å². The van der Waals surface area contributed by atoms with Crippen LogP contribution in [-0.2, 0) is 0 Å². The van der Waals surface area contributed by atoms with E-state index in [1.165, 1.54) is 37.0 Å². The molecule has 0 amide bonds. The second-order valence-electron chi connectivity index (χ2n) is 5.92. The van der Waals surface area contributed by atoms with Gasteiger partial charge in [0.2, 0.25) is 0 Å². The fraction of sp³-hybridized carbons (Fsp3) is 0.714. The summed E-state index contributed by atoms with van der Waals surface area (Å²) >= 11 is 1.50. The Morgan fingerprint density at radius 3 is 2.94 bits per heavy atom. The van der Waals surface area contributed by atoms with Crippen molar-refractivity contribution in [3.8, 4) is 0 Å². The van der Waals surface area contributed by atoms with E-state index in [0.29, 0.717) is 18.0 Å². The van der Waals surface area contributed by atoms with Crippen LogP contribution in [0.2, 0.25) is 0 Å². The van der Waals surface area contributed by atoms with Gasteiger partial charge in [0, 0.05) is 11.8 Å². The van der Waals surface area contributed by atoms with Gasteiger partial charge in [0.1, 0.15) is 10.7 Å². The number of fused-ring (bicyclic) bond motifs is 2. The van der Waals surface area contributed by atoms with Gasteiger partial charge in [0.25, 0.3) is 0 Å². The number of hydrogen-bond acceptors (Lipinski definition) is 4. The minimum absolute atomic E-state index is 0.0703. The lowest BCUT2D eigenvalue weighted by molar-refractivity contribution is 0.0940. The van der Waals surface area contributed by atoms with E-state index >= 15 is 0 Å². The standard InChI is InChI=1S/C14H20N2OS/c1-8(15)14-16-12(7-18-14)13(17)6-11-5-9-2-3-10(11)4-9/h7-11H,2-6,15H2,1H3. The number of ketones is 1. The summed E-state index contributed by atoms with van der Waals surface area (Å²) in [7, 11) is 0. The SMILES string of the molecule is CC(N)c1nc(C(=O)CC2CC3CCC2C3)cs1. The van der Waals surface area contributed by atoms with Crippen molar-refractivity contribution in [2.24, 2.45) is 23.5 Å². The zero-order chi connectivity index (χ0) is 12.7. The van der Waals surface area contributed by atoms with Gasteiger partial charge in [0.05, 0.1) is 6.04 Å². The van der Waals surface area contributed by atoms with Crippen LogP contribution < -0.4 is 5.73 Å². The molecule has 2 bridgehead atoms. The van der Waals surface area contributed by atoms with Crippen LogP contribution in [0.4, 0.5) is 0 Å². The zero-order valence-electron chi connectivity index (χ0n) is 10.8. The fourth-order valence-corrected chi connectivity index (χ4v) is 4.38. The van der Waals surface area contributed by atoms with E-state index in [1.807, 2.05) is 12.3 Å². The number of nitrogens with two attached hydrogens (primary N) is 1. The van der Waals surface area contributed by atoms with Crippen LogP contribution >= 0.6 is 11.3 Å². The summed E-state index contributed by atoms with van der Waals surface area (Å²) in [5.41, 5.74) is 6.41. The van der Waals surface area contributed by atoms with Crippen molar-refractivity contribution in [2.45, 2.75) is 45.1 Å². The molecule has 4 atom stereocenters. The first kappa shape index (κ1) is 12.3. The molecule has 1 aromatic heterocycles. The number of hydrogen-bond donors (Lipinski definition) is 1. The highest BCUT2D eigenvalue weighted by Gasteiger charge is 2.40. The van der Waals surface area contributed by atoms with Crippen molar-refractivity contribution in [3.05, 3.63) is 16.1 Å². The first-order valence-electron chi connectivity index (χ1n) is 6.87. The summed E-state index contributed by atoms with van der Waals surface area (Å²) in [5.74, 6) is 2.56. The van der Waals surface area contributed by atoms with Gasteiger partial charge >= 0.3 is 0 Å². The van der Waals surface area contributed by atoms with Gasteiger partial charge < -0.3 is 5.73 Å². The summed E-state index contributed by atoms with van der Waals surface area (Å²) in [6, 6.07) is -0.0703. The Balaban J connectivity index is 1.64. The molecule has 0 spiro atoms. The maximum atomic E-state index is 12.2. The molecule has 2 N–H and O–H groups in total. The number of carbonyl (C=O) groups is 1. The molecule has 98 valence electrons. The van der Waals surface area contributed by atoms with Crippen LogP contribution in [0, 0.1) is 17.8 Å². The number of carbonyl (C=O) groups excluding carboxylic acids is 1. The Bertz CT molecular complexity index is 454. The third-order valence-corrected chi connectivity index (χ3v) is 5.57. The highest BCUT2D eigenvalue weighted by molar-refractivity contribution is 7.09. The highest BCUT2D eigenvalue weighted by atomic mass is 32.1. The average molecular weight is 264 g/mol. The molecule has 0 aliphatic heterocycles. The van der Waals surface area contributed by atoms with Crippen LogP contribution in [0.1, 0.15) is 60.6 Å². The van der Waals surface area contributed by atoms with Crippen molar-refractivity contribution in [1.82, 2.24) is 4.98 Å². The molecular formula is C14H20N2OS. The topological polar surface area (TPSA) is 56.0 Å². The first-order valence-corrected chi connectivity index (χ1v) is 7.75. The molecule has 3 nitrogen and oxygen atoms in total. The molecule has 0 saturated heterocycles. The van der Waals surface area contributed by atoms with Crippen LogP contribution in [0.25, 0.3) is 0 Å². The Morgan fingerprint density at radius 1 is 1.56 bits per heavy atom. The number of aromatic nitrogens is 1. The van der Waals surface area contributed by atoms with Gasteiger partial charge in [-0.1, -0.05) is 6.42 Å².